The molecule has 16 heavy (non-hydrogen) atoms. The summed E-state index contributed by atoms with van der Waals surface area (Å²) in [5, 5.41) is 14.4. The van der Waals surface area contributed by atoms with Gasteiger partial charge in [0, 0.05) is 5.92 Å². The average molecular weight is 225 g/mol. The van der Waals surface area contributed by atoms with Gasteiger partial charge in [-0.15, -0.1) is 0 Å². The number of fused-ring (bicyclic) bond motifs is 1. The van der Waals surface area contributed by atoms with E-state index in [1.54, 1.807) is 0 Å². The number of nitrogens with zero attached hydrogens (tertiary/aromatic N) is 1. The van der Waals surface area contributed by atoms with Crippen LogP contribution in [-0.2, 0) is 4.79 Å². The predicted octanol–water partition coefficient (Wildman–Crippen LogP) is 0.674. The normalized spacial score (nSPS) is 34.3. The van der Waals surface area contributed by atoms with Crippen molar-refractivity contribution in [3.05, 3.63) is 0 Å². The van der Waals surface area contributed by atoms with Crippen LogP contribution in [0.5, 0.6) is 0 Å². The van der Waals surface area contributed by atoms with Crippen molar-refractivity contribution in [2.45, 2.75) is 38.6 Å². The number of carbonyl (C=O) groups is 1. The zero-order valence-corrected chi connectivity index (χ0v) is 9.52. The van der Waals surface area contributed by atoms with Crippen LogP contribution in [-0.4, -0.2) is 23.0 Å². The fraction of sp³-hybridized carbons (Fsp3) is 0.818. The van der Waals surface area contributed by atoms with Crippen LogP contribution in [0.15, 0.2) is 5.16 Å². The van der Waals surface area contributed by atoms with Crippen molar-refractivity contribution in [3.8, 4) is 0 Å². The summed E-state index contributed by atoms with van der Waals surface area (Å²) < 4.78 is 0. The second kappa shape index (κ2) is 4.31. The Balaban J connectivity index is 1.87. The molecule has 90 valence electrons. The zero-order chi connectivity index (χ0) is 11.7. The van der Waals surface area contributed by atoms with Gasteiger partial charge < -0.3 is 16.3 Å². The maximum absolute atomic E-state index is 11.9. The highest BCUT2D eigenvalue weighted by molar-refractivity contribution is 5.91. The van der Waals surface area contributed by atoms with Crippen molar-refractivity contribution < 1.29 is 10.0 Å². The number of oxime groups is 1. The van der Waals surface area contributed by atoms with Gasteiger partial charge in [-0.25, -0.2) is 0 Å². The molecule has 0 radical (unpaired) electrons. The lowest BCUT2D eigenvalue weighted by Gasteiger charge is -2.15. The Morgan fingerprint density at radius 1 is 1.56 bits per heavy atom. The Labute approximate surface area is 95.1 Å². The number of amides is 1. The first-order valence-electron chi connectivity index (χ1n) is 5.96. The van der Waals surface area contributed by atoms with E-state index < -0.39 is 0 Å². The quantitative estimate of drug-likeness (QED) is 0.284. The van der Waals surface area contributed by atoms with E-state index in [1.807, 2.05) is 6.92 Å². The standard InChI is InChI=1S/C11H19N3O2/c1-2-8(10(12)14-16)13-11(15)9-6-4-3-5-7(6)9/h6-9,16H,2-5H2,1H3,(H2,12,14)(H,13,15). The Hall–Kier alpha value is -1.26. The molecule has 2 fully saturated rings. The fourth-order valence-corrected chi connectivity index (χ4v) is 2.93. The van der Waals surface area contributed by atoms with Crippen molar-refractivity contribution >= 4 is 11.7 Å². The van der Waals surface area contributed by atoms with E-state index in [0.29, 0.717) is 18.3 Å². The van der Waals surface area contributed by atoms with Crippen LogP contribution >= 0.6 is 0 Å². The van der Waals surface area contributed by atoms with E-state index in [4.69, 9.17) is 10.9 Å². The summed E-state index contributed by atoms with van der Waals surface area (Å²) in [6.45, 7) is 1.90. The van der Waals surface area contributed by atoms with Crippen molar-refractivity contribution in [2.24, 2.45) is 28.6 Å². The summed E-state index contributed by atoms with van der Waals surface area (Å²) in [6, 6.07) is -0.334. The van der Waals surface area contributed by atoms with Crippen LogP contribution in [0, 0.1) is 17.8 Å². The third-order valence-electron chi connectivity index (χ3n) is 3.91. The molecule has 5 heteroatoms. The first-order chi connectivity index (χ1) is 7.69. The molecular weight excluding hydrogens is 206 g/mol. The SMILES string of the molecule is CCC(NC(=O)C1C2CCCC21)C(N)=NO. The number of hydrogen-bond acceptors (Lipinski definition) is 3. The molecule has 2 aliphatic rings. The highest BCUT2D eigenvalue weighted by Crippen LogP contribution is 2.57. The first kappa shape index (κ1) is 11.2. The minimum atomic E-state index is -0.334. The molecular formula is C11H19N3O2. The third kappa shape index (κ3) is 1.86. The first-order valence-corrected chi connectivity index (χ1v) is 5.96. The minimum Gasteiger partial charge on any atom is -0.409 e. The molecule has 3 atom stereocenters. The second-order valence-electron chi connectivity index (χ2n) is 4.78. The Morgan fingerprint density at radius 3 is 2.69 bits per heavy atom. The number of amidine groups is 1. The second-order valence-corrected chi connectivity index (χ2v) is 4.78. The van der Waals surface area contributed by atoms with Crippen molar-refractivity contribution in [2.75, 3.05) is 0 Å². The van der Waals surface area contributed by atoms with Gasteiger partial charge in [0.2, 0.25) is 5.91 Å². The van der Waals surface area contributed by atoms with Crippen LogP contribution in [0.3, 0.4) is 0 Å². The number of nitrogens with one attached hydrogen (secondary N) is 1. The Kier molecular flexibility index (Phi) is 3.03. The highest BCUT2D eigenvalue weighted by Gasteiger charge is 2.56. The summed E-state index contributed by atoms with van der Waals surface area (Å²) in [5.74, 6) is 1.55. The molecule has 5 nitrogen and oxygen atoms in total. The van der Waals surface area contributed by atoms with Gasteiger partial charge in [-0.2, -0.15) is 0 Å². The van der Waals surface area contributed by atoms with Crippen LogP contribution in [0.25, 0.3) is 0 Å². The van der Waals surface area contributed by atoms with Gasteiger partial charge in [-0.05, 0) is 31.1 Å². The summed E-state index contributed by atoms with van der Waals surface area (Å²) in [4.78, 5) is 11.9. The van der Waals surface area contributed by atoms with E-state index in [2.05, 4.69) is 10.5 Å². The summed E-state index contributed by atoms with van der Waals surface area (Å²) in [6.07, 6.45) is 4.27. The molecule has 0 heterocycles. The smallest absolute Gasteiger partial charge is 0.224 e. The molecule has 4 N–H and O–H groups in total. The van der Waals surface area contributed by atoms with Gasteiger partial charge >= 0.3 is 0 Å². The Bertz CT molecular complexity index is 306. The van der Waals surface area contributed by atoms with E-state index in [1.165, 1.54) is 19.3 Å². The third-order valence-corrected chi connectivity index (χ3v) is 3.91. The van der Waals surface area contributed by atoms with Crippen LogP contribution < -0.4 is 11.1 Å². The van der Waals surface area contributed by atoms with E-state index >= 15 is 0 Å². The molecule has 2 saturated carbocycles. The van der Waals surface area contributed by atoms with Crippen molar-refractivity contribution in [1.29, 1.82) is 0 Å². The molecule has 0 spiro atoms. The molecule has 3 unspecified atom stereocenters. The van der Waals surface area contributed by atoms with Gasteiger partial charge in [0.25, 0.3) is 0 Å². The largest absolute Gasteiger partial charge is 0.409 e. The molecule has 0 aromatic carbocycles. The van der Waals surface area contributed by atoms with Crippen LogP contribution in [0.2, 0.25) is 0 Å². The topological polar surface area (TPSA) is 87.7 Å². The fourth-order valence-electron chi connectivity index (χ4n) is 2.93. The summed E-state index contributed by atoms with van der Waals surface area (Å²) >= 11 is 0. The van der Waals surface area contributed by atoms with Gasteiger partial charge in [0.1, 0.15) is 0 Å². The predicted molar refractivity (Wildman–Crippen MR) is 60.0 cm³/mol. The number of carbonyl (C=O) groups excluding carboxylic acids is 1. The van der Waals surface area contributed by atoms with Crippen LogP contribution in [0.4, 0.5) is 0 Å². The molecule has 0 saturated heterocycles. The summed E-state index contributed by atoms with van der Waals surface area (Å²) in [5.41, 5.74) is 5.50. The monoisotopic (exact) mass is 225 g/mol. The lowest BCUT2D eigenvalue weighted by atomic mass is 10.1. The number of rotatable bonds is 4. The van der Waals surface area contributed by atoms with E-state index in [9.17, 15) is 4.79 Å². The summed E-state index contributed by atoms with van der Waals surface area (Å²) in [7, 11) is 0. The minimum absolute atomic E-state index is 0.0770. The lowest BCUT2D eigenvalue weighted by molar-refractivity contribution is -0.123. The molecule has 2 rings (SSSR count). The van der Waals surface area contributed by atoms with Crippen molar-refractivity contribution in [3.63, 3.8) is 0 Å². The van der Waals surface area contributed by atoms with Gasteiger partial charge in [0.05, 0.1) is 6.04 Å². The molecule has 2 aliphatic carbocycles. The molecule has 0 bridgehead atoms. The maximum Gasteiger partial charge on any atom is 0.224 e. The molecule has 0 aromatic rings. The van der Waals surface area contributed by atoms with Gasteiger partial charge in [0.15, 0.2) is 5.84 Å². The van der Waals surface area contributed by atoms with Gasteiger partial charge in [-0.3, -0.25) is 4.79 Å². The Morgan fingerprint density at radius 2 is 2.19 bits per heavy atom. The molecule has 0 aromatic heterocycles. The average Bonchev–Trinajstić information content (AvgIpc) is 2.79. The van der Waals surface area contributed by atoms with E-state index in [-0.39, 0.29) is 23.7 Å². The number of nitrogens with two attached hydrogens (primary N) is 1. The van der Waals surface area contributed by atoms with Crippen molar-refractivity contribution in [1.82, 2.24) is 5.32 Å². The zero-order valence-electron chi connectivity index (χ0n) is 9.52. The molecule has 0 aliphatic heterocycles. The van der Waals surface area contributed by atoms with Gasteiger partial charge in [-0.1, -0.05) is 18.5 Å². The van der Waals surface area contributed by atoms with Crippen LogP contribution in [0.1, 0.15) is 32.6 Å². The lowest BCUT2D eigenvalue weighted by Crippen LogP contribution is -2.45. The maximum atomic E-state index is 11.9. The highest BCUT2D eigenvalue weighted by atomic mass is 16.4. The number of hydrogen-bond donors (Lipinski definition) is 3. The van der Waals surface area contributed by atoms with E-state index in [0.717, 1.165) is 0 Å². The molecule has 1 amide bonds.